The first-order valence-electron chi connectivity index (χ1n) is 2.93. The lowest BCUT2D eigenvalue weighted by molar-refractivity contribution is -0.116. The summed E-state index contributed by atoms with van der Waals surface area (Å²) in [6.07, 6.45) is 1.18. The van der Waals surface area contributed by atoms with Gasteiger partial charge in [-0.15, -0.1) is 11.3 Å². The van der Waals surface area contributed by atoms with Gasteiger partial charge in [0.2, 0.25) is 0 Å². The summed E-state index contributed by atoms with van der Waals surface area (Å²) >= 11 is 7.00. The maximum atomic E-state index is 10.3. The summed E-state index contributed by atoms with van der Waals surface area (Å²) in [6, 6.07) is 1.67. The number of hydrogen-bond donors (Lipinski definition) is 0. The molecule has 0 spiro atoms. The number of thiophene rings is 1. The number of carbonyl (C=O) groups excluding carboxylic acids is 2. The molecule has 0 N–H and O–H groups in total. The van der Waals surface area contributed by atoms with E-state index in [1.165, 1.54) is 11.3 Å². The summed E-state index contributed by atoms with van der Waals surface area (Å²) in [5, 5.41) is 2.23. The van der Waals surface area contributed by atoms with Crippen LogP contribution in [0, 0.1) is 0 Å². The highest BCUT2D eigenvalue weighted by molar-refractivity contribution is 7.10. The Labute approximate surface area is 72.8 Å². The molecule has 0 unspecified atom stereocenters. The summed E-state index contributed by atoms with van der Waals surface area (Å²) < 4.78 is 0. The van der Waals surface area contributed by atoms with Crippen molar-refractivity contribution in [3.63, 3.8) is 0 Å². The maximum Gasteiger partial charge on any atom is 0.135 e. The van der Waals surface area contributed by atoms with Gasteiger partial charge in [0, 0.05) is 4.88 Å². The molecule has 0 saturated carbocycles. The first-order valence-corrected chi connectivity index (χ1v) is 4.19. The van der Waals surface area contributed by atoms with E-state index in [4.69, 9.17) is 11.6 Å². The first-order chi connectivity index (χ1) is 5.29. The summed E-state index contributed by atoms with van der Waals surface area (Å²) in [5.41, 5.74) is 0. The molecule has 0 amide bonds. The predicted octanol–water partition coefficient (Wildman–Crippen LogP) is 1.88. The molecule has 0 atom stereocenters. The Morgan fingerprint density at radius 2 is 2.09 bits per heavy atom. The topological polar surface area (TPSA) is 34.1 Å². The van der Waals surface area contributed by atoms with Crippen molar-refractivity contribution in [1.29, 1.82) is 0 Å². The molecule has 4 heteroatoms. The fourth-order valence-electron chi connectivity index (χ4n) is 0.699. The van der Waals surface area contributed by atoms with Gasteiger partial charge in [-0.2, -0.15) is 0 Å². The molecule has 0 fully saturated rings. The van der Waals surface area contributed by atoms with Crippen LogP contribution in [0.2, 0.25) is 5.02 Å². The molecule has 0 saturated heterocycles. The SMILES string of the molecule is O=CC(C=O)c1sccc1Cl. The fraction of sp³-hybridized carbons (Fsp3) is 0.143. The Morgan fingerprint density at radius 1 is 1.45 bits per heavy atom. The average molecular weight is 189 g/mol. The Balaban J connectivity index is 2.98. The van der Waals surface area contributed by atoms with E-state index in [0.717, 1.165) is 0 Å². The van der Waals surface area contributed by atoms with Crippen LogP contribution in [0.25, 0.3) is 0 Å². The highest BCUT2D eigenvalue weighted by Crippen LogP contribution is 2.27. The molecule has 1 aromatic heterocycles. The molecule has 2 nitrogen and oxygen atoms in total. The highest BCUT2D eigenvalue weighted by Gasteiger charge is 2.13. The molecular weight excluding hydrogens is 184 g/mol. The summed E-state index contributed by atoms with van der Waals surface area (Å²) in [5.74, 6) is -0.692. The van der Waals surface area contributed by atoms with Crippen LogP contribution in [-0.2, 0) is 9.59 Å². The van der Waals surface area contributed by atoms with Crippen LogP contribution in [-0.4, -0.2) is 12.6 Å². The van der Waals surface area contributed by atoms with Crippen molar-refractivity contribution in [2.45, 2.75) is 5.92 Å². The number of halogens is 1. The zero-order chi connectivity index (χ0) is 8.27. The van der Waals surface area contributed by atoms with Gasteiger partial charge in [-0.1, -0.05) is 11.6 Å². The monoisotopic (exact) mass is 188 g/mol. The second-order valence-corrected chi connectivity index (χ2v) is 3.29. The van der Waals surface area contributed by atoms with Gasteiger partial charge in [-0.05, 0) is 11.4 Å². The average Bonchev–Trinajstić information content (AvgIpc) is 2.40. The Bertz CT molecular complexity index is 261. The molecule has 0 radical (unpaired) electrons. The van der Waals surface area contributed by atoms with Gasteiger partial charge in [0.1, 0.15) is 18.5 Å². The van der Waals surface area contributed by atoms with Crippen LogP contribution >= 0.6 is 22.9 Å². The molecule has 11 heavy (non-hydrogen) atoms. The standard InChI is InChI=1S/C7H5ClO2S/c8-6-1-2-11-7(6)5(3-9)4-10/h1-5H. The zero-order valence-corrected chi connectivity index (χ0v) is 7.06. The van der Waals surface area contributed by atoms with E-state index < -0.39 is 5.92 Å². The van der Waals surface area contributed by atoms with E-state index in [2.05, 4.69) is 0 Å². The van der Waals surface area contributed by atoms with Crippen molar-refractivity contribution in [2.75, 3.05) is 0 Å². The van der Waals surface area contributed by atoms with Crippen molar-refractivity contribution in [3.05, 3.63) is 21.3 Å². The molecule has 1 rings (SSSR count). The molecule has 0 aliphatic rings. The van der Waals surface area contributed by atoms with Crippen molar-refractivity contribution < 1.29 is 9.59 Å². The quantitative estimate of drug-likeness (QED) is 0.536. The van der Waals surface area contributed by atoms with E-state index in [0.29, 0.717) is 22.5 Å². The van der Waals surface area contributed by atoms with Crippen LogP contribution in [0.5, 0.6) is 0 Å². The van der Waals surface area contributed by atoms with Gasteiger partial charge in [-0.25, -0.2) is 0 Å². The van der Waals surface area contributed by atoms with Gasteiger partial charge in [-0.3, -0.25) is 0 Å². The van der Waals surface area contributed by atoms with Gasteiger partial charge in [0.15, 0.2) is 0 Å². The third-order valence-corrected chi connectivity index (χ3v) is 2.70. The Kier molecular flexibility index (Phi) is 2.79. The third kappa shape index (κ3) is 1.67. The van der Waals surface area contributed by atoms with Gasteiger partial charge in [0.25, 0.3) is 0 Å². The van der Waals surface area contributed by atoms with E-state index >= 15 is 0 Å². The van der Waals surface area contributed by atoms with Gasteiger partial charge < -0.3 is 9.59 Å². The molecule has 1 heterocycles. The van der Waals surface area contributed by atoms with E-state index in [9.17, 15) is 9.59 Å². The minimum Gasteiger partial charge on any atom is -0.302 e. The number of aldehydes is 2. The highest BCUT2D eigenvalue weighted by atomic mass is 35.5. The lowest BCUT2D eigenvalue weighted by Crippen LogP contribution is -1.98. The van der Waals surface area contributed by atoms with Crippen molar-refractivity contribution in [1.82, 2.24) is 0 Å². The first kappa shape index (κ1) is 8.43. The minimum atomic E-state index is -0.692. The predicted molar refractivity (Wildman–Crippen MR) is 44.2 cm³/mol. The molecule has 0 aliphatic carbocycles. The molecule has 1 aromatic rings. The van der Waals surface area contributed by atoms with Crippen LogP contribution in [0.1, 0.15) is 10.8 Å². The van der Waals surface area contributed by atoms with E-state index in [1.807, 2.05) is 0 Å². The lowest BCUT2D eigenvalue weighted by atomic mass is 10.1. The second kappa shape index (κ2) is 3.64. The smallest absolute Gasteiger partial charge is 0.135 e. The summed E-state index contributed by atoms with van der Waals surface area (Å²) in [6.45, 7) is 0. The van der Waals surface area contributed by atoms with E-state index in [1.54, 1.807) is 11.4 Å². The van der Waals surface area contributed by atoms with Gasteiger partial charge >= 0.3 is 0 Å². The van der Waals surface area contributed by atoms with Gasteiger partial charge in [0.05, 0.1) is 5.02 Å². The van der Waals surface area contributed by atoms with Crippen LogP contribution in [0.4, 0.5) is 0 Å². The number of hydrogen-bond acceptors (Lipinski definition) is 3. The summed E-state index contributed by atoms with van der Waals surface area (Å²) in [7, 11) is 0. The Morgan fingerprint density at radius 3 is 2.45 bits per heavy atom. The molecule has 58 valence electrons. The normalized spacial score (nSPS) is 10.0. The zero-order valence-electron chi connectivity index (χ0n) is 5.49. The maximum absolute atomic E-state index is 10.3. The second-order valence-electron chi connectivity index (χ2n) is 1.93. The van der Waals surface area contributed by atoms with Crippen LogP contribution in [0.15, 0.2) is 11.4 Å². The number of rotatable bonds is 3. The van der Waals surface area contributed by atoms with E-state index in [-0.39, 0.29) is 0 Å². The van der Waals surface area contributed by atoms with Crippen molar-refractivity contribution in [2.24, 2.45) is 0 Å². The molecule has 0 aliphatic heterocycles. The summed E-state index contributed by atoms with van der Waals surface area (Å²) in [4.78, 5) is 21.2. The van der Waals surface area contributed by atoms with Crippen LogP contribution < -0.4 is 0 Å². The van der Waals surface area contributed by atoms with Crippen molar-refractivity contribution in [3.8, 4) is 0 Å². The minimum absolute atomic E-state index is 0.485. The number of carbonyl (C=O) groups is 2. The fourth-order valence-corrected chi connectivity index (χ4v) is 1.90. The lowest BCUT2D eigenvalue weighted by Gasteiger charge is -1.96. The molecular formula is C7H5ClO2S. The Hall–Kier alpha value is -0.670. The van der Waals surface area contributed by atoms with Crippen LogP contribution in [0.3, 0.4) is 0 Å². The molecule has 0 bridgehead atoms. The largest absolute Gasteiger partial charge is 0.302 e. The van der Waals surface area contributed by atoms with Crippen molar-refractivity contribution >= 4 is 35.5 Å². The third-order valence-electron chi connectivity index (χ3n) is 1.24. The molecule has 0 aromatic carbocycles.